The third-order valence-corrected chi connectivity index (χ3v) is 4.02. The Labute approximate surface area is 129 Å². The van der Waals surface area contributed by atoms with Gasteiger partial charge in [-0.25, -0.2) is 0 Å². The lowest BCUT2D eigenvalue weighted by Crippen LogP contribution is -2.35. The lowest BCUT2D eigenvalue weighted by molar-refractivity contribution is 0.0497. The van der Waals surface area contributed by atoms with Gasteiger partial charge in [0.05, 0.1) is 18.8 Å². The minimum atomic E-state index is 0.218. The quantitative estimate of drug-likeness (QED) is 0.708. The van der Waals surface area contributed by atoms with Crippen molar-refractivity contribution < 1.29 is 9.47 Å². The molecule has 3 nitrogen and oxygen atoms in total. The lowest BCUT2D eigenvalue weighted by Gasteiger charge is -2.29. The molecular weight excluding hydrogens is 262 g/mol. The smallest absolute Gasteiger partial charge is 0.124 e. The molecule has 0 bridgehead atoms. The van der Waals surface area contributed by atoms with Gasteiger partial charge in [-0.3, -0.25) is 0 Å². The minimum Gasteiger partial charge on any atom is -0.493 e. The third-order valence-electron chi connectivity index (χ3n) is 4.02. The van der Waals surface area contributed by atoms with Crippen molar-refractivity contribution in [3.05, 3.63) is 29.8 Å². The summed E-state index contributed by atoms with van der Waals surface area (Å²) in [7, 11) is 1.83. The SMILES string of the molecule is CCCNC(c1ccccc1OCCC)C(OC)C1CC1. The molecule has 3 heteroatoms. The summed E-state index contributed by atoms with van der Waals surface area (Å²) in [6.07, 6.45) is 4.94. The molecule has 21 heavy (non-hydrogen) atoms. The molecule has 1 N–H and O–H groups in total. The Balaban J connectivity index is 2.22. The highest BCUT2D eigenvalue weighted by Crippen LogP contribution is 2.41. The van der Waals surface area contributed by atoms with Crippen LogP contribution in [0, 0.1) is 5.92 Å². The van der Waals surface area contributed by atoms with Crippen LogP contribution in [-0.4, -0.2) is 26.4 Å². The Morgan fingerprint density at radius 1 is 1.19 bits per heavy atom. The fourth-order valence-electron chi connectivity index (χ4n) is 2.81. The fourth-order valence-corrected chi connectivity index (χ4v) is 2.81. The van der Waals surface area contributed by atoms with Crippen molar-refractivity contribution >= 4 is 0 Å². The number of para-hydroxylation sites is 1. The molecule has 1 saturated carbocycles. The molecule has 2 rings (SSSR count). The first kappa shape index (κ1) is 16.3. The van der Waals surface area contributed by atoms with Crippen LogP contribution in [0.3, 0.4) is 0 Å². The summed E-state index contributed by atoms with van der Waals surface area (Å²) < 4.78 is 11.8. The minimum absolute atomic E-state index is 0.218. The van der Waals surface area contributed by atoms with Crippen molar-refractivity contribution in [1.82, 2.24) is 5.32 Å². The van der Waals surface area contributed by atoms with Crippen LogP contribution in [0.4, 0.5) is 0 Å². The Morgan fingerprint density at radius 2 is 1.95 bits per heavy atom. The highest BCUT2D eigenvalue weighted by molar-refractivity contribution is 5.37. The van der Waals surface area contributed by atoms with Gasteiger partial charge in [0.1, 0.15) is 5.75 Å². The van der Waals surface area contributed by atoms with Crippen LogP contribution in [0.1, 0.15) is 51.1 Å². The first-order valence-corrected chi connectivity index (χ1v) is 8.29. The van der Waals surface area contributed by atoms with Crippen molar-refractivity contribution in [3.63, 3.8) is 0 Å². The van der Waals surface area contributed by atoms with Crippen LogP contribution >= 0.6 is 0 Å². The Kier molecular flexibility index (Phi) is 6.52. The second kappa shape index (κ2) is 8.40. The molecule has 0 amide bonds. The van der Waals surface area contributed by atoms with Gasteiger partial charge in [-0.05, 0) is 44.2 Å². The van der Waals surface area contributed by atoms with Gasteiger partial charge in [0.15, 0.2) is 0 Å². The molecule has 0 aliphatic heterocycles. The molecular formula is C18H29NO2. The predicted octanol–water partition coefficient (Wildman–Crippen LogP) is 3.94. The van der Waals surface area contributed by atoms with Crippen LogP contribution in [0.5, 0.6) is 5.75 Å². The number of hydrogen-bond acceptors (Lipinski definition) is 3. The molecule has 0 saturated heterocycles. The first-order chi connectivity index (χ1) is 10.3. The maximum Gasteiger partial charge on any atom is 0.124 e. The van der Waals surface area contributed by atoms with Crippen LogP contribution in [0.15, 0.2) is 24.3 Å². The van der Waals surface area contributed by atoms with E-state index in [1.807, 2.05) is 13.2 Å². The number of ether oxygens (including phenoxy) is 2. The molecule has 0 aromatic heterocycles. The van der Waals surface area contributed by atoms with Crippen molar-refractivity contribution in [3.8, 4) is 5.75 Å². The third kappa shape index (κ3) is 4.45. The van der Waals surface area contributed by atoms with E-state index in [-0.39, 0.29) is 12.1 Å². The fraction of sp³-hybridized carbons (Fsp3) is 0.667. The number of hydrogen-bond donors (Lipinski definition) is 1. The van der Waals surface area contributed by atoms with Gasteiger partial charge < -0.3 is 14.8 Å². The number of rotatable bonds is 10. The van der Waals surface area contributed by atoms with E-state index in [0.717, 1.165) is 31.7 Å². The van der Waals surface area contributed by atoms with E-state index < -0.39 is 0 Å². The van der Waals surface area contributed by atoms with Crippen LogP contribution in [0.25, 0.3) is 0 Å². The van der Waals surface area contributed by atoms with Gasteiger partial charge in [0, 0.05) is 12.7 Å². The van der Waals surface area contributed by atoms with Gasteiger partial charge in [0.25, 0.3) is 0 Å². The van der Waals surface area contributed by atoms with Crippen molar-refractivity contribution in [2.24, 2.45) is 5.92 Å². The zero-order chi connectivity index (χ0) is 15.1. The first-order valence-electron chi connectivity index (χ1n) is 8.29. The second-order valence-corrected chi connectivity index (χ2v) is 5.86. The second-order valence-electron chi connectivity index (χ2n) is 5.86. The summed E-state index contributed by atoms with van der Waals surface area (Å²) in [4.78, 5) is 0. The van der Waals surface area contributed by atoms with Gasteiger partial charge in [-0.15, -0.1) is 0 Å². The van der Waals surface area contributed by atoms with E-state index in [9.17, 15) is 0 Å². The standard InChI is InChI=1S/C18H29NO2/c1-4-12-19-17(18(20-3)14-10-11-14)15-8-6-7-9-16(15)21-13-5-2/h6-9,14,17-19H,4-5,10-13H2,1-3H3. The van der Waals surface area contributed by atoms with E-state index in [1.54, 1.807) is 0 Å². The van der Waals surface area contributed by atoms with Crippen molar-refractivity contribution in [2.45, 2.75) is 51.7 Å². The molecule has 1 fully saturated rings. The average Bonchev–Trinajstić information content (AvgIpc) is 3.34. The molecule has 1 aromatic rings. The molecule has 0 radical (unpaired) electrons. The summed E-state index contributed by atoms with van der Waals surface area (Å²) in [5.41, 5.74) is 1.23. The normalized spacial score (nSPS) is 17.5. The maximum absolute atomic E-state index is 5.95. The van der Waals surface area contributed by atoms with E-state index in [1.165, 1.54) is 18.4 Å². The van der Waals surface area contributed by atoms with Crippen molar-refractivity contribution in [1.29, 1.82) is 0 Å². The molecule has 1 aromatic carbocycles. The topological polar surface area (TPSA) is 30.5 Å². The number of benzene rings is 1. The number of methoxy groups -OCH3 is 1. The largest absolute Gasteiger partial charge is 0.493 e. The monoisotopic (exact) mass is 291 g/mol. The van der Waals surface area contributed by atoms with Gasteiger partial charge in [0.2, 0.25) is 0 Å². The molecule has 1 aliphatic carbocycles. The molecule has 2 atom stereocenters. The Bertz CT molecular complexity index is 417. The maximum atomic E-state index is 5.95. The summed E-state index contributed by atoms with van der Waals surface area (Å²) >= 11 is 0. The summed E-state index contributed by atoms with van der Waals surface area (Å²) in [5.74, 6) is 1.68. The summed E-state index contributed by atoms with van der Waals surface area (Å²) in [6, 6.07) is 8.60. The van der Waals surface area contributed by atoms with E-state index >= 15 is 0 Å². The van der Waals surface area contributed by atoms with E-state index in [4.69, 9.17) is 9.47 Å². The summed E-state index contributed by atoms with van der Waals surface area (Å²) in [5, 5.41) is 3.67. The Morgan fingerprint density at radius 3 is 2.57 bits per heavy atom. The zero-order valence-corrected chi connectivity index (χ0v) is 13.6. The highest BCUT2D eigenvalue weighted by atomic mass is 16.5. The summed E-state index contributed by atoms with van der Waals surface area (Å²) in [6.45, 7) is 6.10. The van der Waals surface area contributed by atoms with Gasteiger partial charge in [-0.1, -0.05) is 32.0 Å². The molecule has 118 valence electrons. The Hall–Kier alpha value is -1.06. The van der Waals surface area contributed by atoms with Gasteiger partial charge in [-0.2, -0.15) is 0 Å². The predicted molar refractivity (Wildman–Crippen MR) is 86.8 cm³/mol. The average molecular weight is 291 g/mol. The molecule has 1 aliphatic rings. The van der Waals surface area contributed by atoms with Gasteiger partial charge >= 0.3 is 0 Å². The molecule has 2 unspecified atom stereocenters. The molecule has 0 spiro atoms. The van der Waals surface area contributed by atoms with Crippen LogP contribution in [0.2, 0.25) is 0 Å². The van der Waals surface area contributed by atoms with Crippen LogP contribution < -0.4 is 10.1 Å². The van der Waals surface area contributed by atoms with Crippen molar-refractivity contribution in [2.75, 3.05) is 20.3 Å². The highest BCUT2D eigenvalue weighted by Gasteiger charge is 2.38. The lowest BCUT2D eigenvalue weighted by atomic mass is 9.96. The zero-order valence-electron chi connectivity index (χ0n) is 13.6. The molecule has 0 heterocycles. The number of nitrogens with one attached hydrogen (secondary N) is 1. The van der Waals surface area contributed by atoms with Crippen LogP contribution in [-0.2, 0) is 4.74 Å². The van der Waals surface area contributed by atoms with E-state index in [2.05, 4.69) is 37.4 Å². The van der Waals surface area contributed by atoms with E-state index in [0.29, 0.717) is 5.92 Å².